The minimum atomic E-state index is 0.815. The van der Waals surface area contributed by atoms with Crippen LogP contribution in [0.1, 0.15) is 11.3 Å². The Balaban J connectivity index is 2.37. The molecule has 1 aromatic rings. The van der Waals surface area contributed by atoms with Gasteiger partial charge in [-0.05, 0) is 25.6 Å². The molecular weight excluding hydrogens is 150 g/mol. The van der Waals surface area contributed by atoms with Crippen molar-refractivity contribution < 1.29 is 0 Å². The lowest BCUT2D eigenvalue weighted by atomic mass is 10.3. The van der Waals surface area contributed by atoms with E-state index in [1.807, 2.05) is 26.2 Å². The van der Waals surface area contributed by atoms with Crippen LogP contribution in [0.3, 0.4) is 0 Å². The Bertz CT molecular complexity index is 218. The lowest BCUT2D eigenvalue weighted by Crippen LogP contribution is -2.25. The molecule has 3 nitrogen and oxygen atoms in total. The fraction of sp³-hybridized carbons (Fsp3) is 0.444. The largest absolute Gasteiger partial charge is 0.308 e. The highest BCUT2D eigenvalue weighted by atomic mass is 15.0. The number of rotatable bonds is 4. The number of nitrogens with one attached hydrogen (secondary N) is 2. The highest BCUT2D eigenvalue weighted by molar-refractivity contribution is 5.11. The molecule has 12 heavy (non-hydrogen) atoms. The second-order valence-corrected chi connectivity index (χ2v) is 2.78. The van der Waals surface area contributed by atoms with Gasteiger partial charge in [0.05, 0.1) is 5.69 Å². The van der Waals surface area contributed by atoms with Crippen LogP contribution >= 0.6 is 0 Å². The molecule has 66 valence electrons. The molecule has 0 fully saturated rings. The van der Waals surface area contributed by atoms with E-state index < -0.39 is 0 Å². The van der Waals surface area contributed by atoms with Gasteiger partial charge in [-0.15, -0.1) is 0 Å². The minimum absolute atomic E-state index is 0.815. The SMILES string of the molecule is CNCNCc1ccc(C)cn1. The quantitative estimate of drug-likeness (QED) is 0.508. The average Bonchev–Trinajstić information content (AvgIpc) is 2.09. The summed E-state index contributed by atoms with van der Waals surface area (Å²) in [5.41, 5.74) is 2.28. The number of aromatic nitrogens is 1. The fourth-order valence-corrected chi connectivity index (χ4v) is 0.919. The van der Waals surface area contributed by atoms with Gasteiger partial charge in [0.25, 0.3) is 0 Å². The summed E-state index contributed by atoms with van der Waals surface area (Å²) in [7, 11) is 1.91. The molecule has 0 aromatic carbocycles. The molecule has 0 saturated heterocycles. The highest BCUT2D eigenvalue weighted by Crippen LogP contribution is 1.97. The first-order valence-electron chi connectivity index (χ1n) is 4.10. The average molecular weight is 165 g/mol. The molecule has 1 heterocycles. The second kappa shape index (κ2) is 4.85. The third kappa shape index (κ3) is 2.98. The summed E-state index contributed by atoms with van der Waals surface area (Å²) < 4.78 is 0. The highest BCUT2D eigenvalue weighted by Gasteiger charge is 1.91. The fourth-order valence-electron chi connectivity index (χ4n) is 0.919. The zero-order valence-electron chi connectivity index (χ0n) is 7.59. The Morgan fingerprint density at radius 3 is 2.83 bits per heavy atom. The van der Waals surface area contributed by atoms with Crippen molar-refractivity contribution >= 4 is 0 Å². The van der Waals surface area contributed by atoms with Crippen LogP contribution in [0.4, 0.5) is 0 Å². The van der Waals surface area contributed by atoms with Crippen molar-refractivity contribution in [1.82, 2.24) is 15.6 Å². The molecule has 0 aliphatic heterocycles. The van der Waals surface area contributed by atoms with Crippen LogP contribution in [-0.4, -0.2) is 18.7 Å². The molecule has 0 spiro atoms. The van der Waals surface area contributed by atoms with Gasteiger partial charge in [-0.1, -0.05) is 6.07 Å². The third-order valence-electron chi connectivity index (χ3n) is 1.58. The maximum atomic E-state index is 4.26. The van der Waals surface area contributed by atoms with Gasteiger partial charge in [0.15, 0.2) is 0 Å². The molecule has 0 bridgehead atoms. The normalized spacial score (nSPS) is 10.2. The van der Waals surface area contributed by atoms with Gasteiger partial charge in [-0.2, -0.15) is 0 Å². The van der Waals surface area contributed by atoms with E-state index in [2.05, 4.69) is 21.7 Å². The van der Waals surface area contributed by atoms with Crippen LogP contribution in [0, 0.1) is 6.92 Å². The van der Waals surface area contributed by atoms with E-state index in [0.717, 1.165) is 18.9 Å². The summed E-state index contributed by atoms with van der Waals surface area (Å²) in [6, 6.07) is 4.11. The molecule has 0 atom stereocenters. The molecule has 0 radical (unpaired) electrons. The predicted octanol–water partition coefficient (Wildman–Crippen LogP) is 0.657. The van der Waals surface area contributed by atoms with E-state index in [-0.39, 0.29) is 0 Å². The van der Waals surface area contributed by atoms with Crippen LogP contribution in [-0.2, 0) is 6.54 Å². The van der Waals surface area contributed by atoms with Gasteiger partial charge < -0.3 is 5.32 Å². The van der Waals surface area contributed by atoms with Gasteiger partial charge in [-0.25, -0.2) is 0 Å². The topological polar surface area (TPSA) is 37.0 Å². The van der Waals surface area contributed by atoms with E-state index in [1.165, 1.54) is 5.56 Å². The van der Waals surface area contributed by atoms with Gasteiger partial charge in [-0.3, -0.25) is 10.3 Å². The molecule has 0 aliphatic carbocycles. The van der Waals surface area contributed by atoms with Crippen LogP contribution in [0.15, 0.2) is 18.3 Å². The van der Waals surface area contributed by atoms with Crippen molar-refractivity contribution in [3.05, 3.63) is 29.6 Å². The number of nitrogens with zero attached hydrogens (tertiary/aromatic N) is 1. The predicted molar refractivity (Wildman–Crippen MR) is 49.7 cm³/mol. The zero-order valence-corrected chi connectivity index (χ0v) is 7.59. The monoisotopic (exact) mass is 165 g/mol. The van der Waals surface area contributed by atoms with E-state index in [1.54, 1.807) is 0 Å². The Hall–Kier alpha value is -0.930. The Labute approximate surface area is 73.2 Å². The molecule has 0 aliphatic rings. The maximum Gasteiger partial charge on any atom is 0.0542 e. The van der Waals surface area contributed by atoms with E-state index in [0.29, 0.717) is 0 Å². The summed E-state index contributed by atoms with van der Waals surface area (Å²) in [5, 5.41) is 6.21. The minimum Gasteiger partial charge on any atom is -0.308 e. The second-order valence-electron chi connectivity index (χ2n) is 2.78. The van der Waals surface area contributed by atoms with Crippen molar-refractivity contribution in [3.8, 4) is 0 Å². The summed E-state index contributed by atoms with van der Waals surface area (Å²) in [4.78, 5) is 4.26. The van der Waals surface area contributed by atoms with Crippen LogP contribution < -0.4 is 10.6 Å². The van der Waals surface area contributed by atoms with Gasteiger partial charge >= 0.3 is 0 Å². The van der Waals surface area contributed by atoms with Crippen molar-refractivity contribution in [1.29, 1.82) is 0 Å². The van der Waals surface area contributed by atoms with Crippen molar-refractivity contribution in [3.63, 3.8) is 0 Å². The molecule has 1 rings (SSSR count). The number of hydrogen-bond donors (Lipinski definition) is 2. The first-order chi connectivity index (χ1) is 5.83. The molecular formula is C9H15N3. The van der Waals surface area contributed by atoms with E-state index >= 15 is 0 Å². The van der Waals surface area contributed by atoms with Gasteiger partial charge in [0.2, 0.25) is 0 Å². The summed E-state index contributed by atoms with van der Waals surface area (Å²) >= 11 is 0. The smallest absolute Gasteiger partial charge is 0.0542 e. The summed E-state index contributed by atoms with van der Waals surface area (Å²) in [6.07, 6.45) is 1.89. The molecule has 1 aromatic heterocycles. The number of hydrogen-bond acceptors (Lipinski definition) is 3. The van der Waals surface area contributed by atoms with E-state index in [4.69, 9.17) is 0 Å². The molecule has 0 amide bonds. The molecule has 0 saturated carbocycles. The molecule has 0 unspecified atom stereocenters. The van der Waals surface area contributed by atoms with Crippen molar-refractivity contribution in [2.75, 3.05) is 13.7 Å². The Kier molecular flexibility index (Phi) is 3.70. The van der Waals surface area contributed by atoms with Gasteiger partial charge in [0.1, 0.15) is 0 Å². The van der Waals surface area contributed by atoms with Crippen molar-refractivity contribution in [2.24, 2.45) is 0 Å². The van der Waals surface area contributed by atoms with Crippen LogP contribution in [0.2, 0.25) is 0 Å². The lowest BCUT2D eigenvalue weighted by Gasteiger charge is -2.02. The maximum absolute atomic E-state index is 4.26. The molecule has 2 N–H and O–H groups in total. The Morgan fingerprint density at radius 2 is 2.25 bits per heavy atom. The number of aryl methyl sites for hydroxylation is 1. The van der Waals surface area contributed by atoms with Crippen LogP contribution in [0.25, 0.3) is 0 Å². The first-order valence-corrected chi connectivity index (χ1v) is 4.10. The first kappa shape index (κ1) is 9.16. The van der Waals surface area contributed by atoms with Gasteiger partial charge in [0, 0.05) is 19.4 Å². The van der Waals surface area contributed by atoms with E-state index in [9.17, 15) is 0 Å². The molecule has 3 heteroatoms. The third-order valence-corrected chi connectivity index (χ3v) is 1.58. The van der Waals surface area contributed by atoms with Crippen LogP contribution in [0.5, 0.6) is 0 Å². The standard InChI is InChI=1S/C9H15N3/c1-8-3-4-9(12-5-8)6-11-7-10-2/h3-5,10-11H,6-7H2,1-2H3. The zero-order chi connectivity index (χ0) is 8.81. The summed E-state index contributed by atoms with van der Waals surface area (Å²) in [5.74, 6) is 0. The number of pyridine rings is 1. The van der Waals surface area contributed by atoms with Crippen molar-refractivity contribution in [2.45, 2.75) is 13.5 Å². The summed E-state index contributed by atoms with van der Waals surface area (Å²) in [6.45, 7) is 3.68. The Morgan fingerprint density at radius 1 is 1.42 bits per heavy atom. The lowest BCUT2D eigenvalue weighted by molar-refractivity contribution is 0.623.